The highest BCUT2D eigenvalue weighted by Gasteiger charge is 2.35. The second-order valence-corrected chi connectivity index (χ2v) is 3.02. The molecule has 12 heavy (non-hydrogen) atoms. The van der Waals surface area contributed by atoms with E-state index in [4.69, 9.17) is 9.84 Å². The molecule has 1 rings (SSSR count). The lowest BCUT2D eigenvalue weighted by Gasteiger charge is -2.38. The molecule has 0 radical (unpaired) electrons. The van der Waals surface area contributed by atoms with Crippen molar-refractivity contribution in [2.24, 2.45) is 0 Å². The van der Waals surface area contributed by atoms with E-state index < -0.39 is 5.97 Å². The van der Waals surface area contributed by atoms with Gasteiger partial charge >= 0.3 is 5.97 Å². The Morgan fingerprint density at radius 3 is 2.67 bits per heavy atom. The molecule has 1 saturated carbocycles. The molecule has 3 heteroatoms. The fraction of sp³-hybridized carbons (Fsp3) is 0.667. The molecule has 0 aliphatic heterocycles. The summed E-state index contributed by atoms with van der Waals surface area (Å²) in [5.41, 5.74) is -0.136. The topological polar surface area (TPSA) is 46.5 Å². The Morgan fingerprint density at radius 1 is 1.67 bits per heavy atom. The summed E-state index contributed by atoms with van der Waals surface area (Å²) in [7, 11) is 1.65. The van der Waals surface area contributed by atoms with Crippen molar-refractivity contribution in [3.63, 3.8) is 0 Å². The zero-order valence-corrected chi connectivity index (χ0v) is 7.09. The van der Waals surface area contributed by atoms with E-state index >= 15 is 0 Å². The van der Waals surface area contributed by atoms with Crippen molar-refractivity contribution in [3.05, 3.63) is 0 Å². The summed E-state index contributed by atoms with van der Waals surface area (Å²) in [6, 6.07) is 0. The Kier molecular flexibility index (Phi) is 2.72. The Hall–Kier alpha value is -1.01. The predicted molar refractivity (Wildman–Crippen MR) is 43.6 cm³/mol. The van der Waals surface area contributed by atoms with Crippen LogP contribution in [0.15, 0.2) is 0 Å². The summed E-state index contributed by atoms with van der Waals surface area (Å²) in [4.78, 5) is 10.1. The molecule has 1 fully saturated rings. The van der Waals surface area contributed by atoms with Crippen LogP contribution in [-0.4, -0.2) is 23.8 Å². The summed E-state index contributed by atoms with van der Waals surface area (Å²) in [5.74, 6) is 3.63. The van der Waals surface area contributed by atoms with Crippen LogP contribution in [0.25, 0.3) is 0 Å². The largest absolute Gasteiger partial charge is 0.472 e. The number of hydrogen-bond acceptors (Lipinski definition) is 2. The van der Waals surface area contributed by atoms with Crippen LogP contribution >= 0.6 is 0 Å². The van der Waals surface area contributed by atoms with Crippen molar-refractivity contribution >= 4 is 5.97 Å². The lowest BCUT2D eigenvalue weighted by molar-refractivity contribution is -0.130. The van der Waals surface area contributed by atoms with Crippen LogP contribution < -0.4 is 0 Å². The van der Waals surface area contributed by atoms with Gasteiger partial charge in [0, 0.05) is 19.5 Å². The van der Waals surface area contributed by atoms with Gasteiger partial charge in [-0.25, -0.2) is 4.79 Å². The summed E-state index contributed by atoms with van der Waals surface area (Å²) in [6.07, 6.45) is 3.69. The van der Waals surface area contributed by atoms with Gasteiger partial charge in [0.25, 0.3) is 0 Å². The van der Waals surface area contributed by atoms with Crippen LogP contribution in [-0.2, 0) is 9.53 Å². The molecule has 1 N–H and O–H groups in total. The van der Waals surface area contributed by atoms with Gasteiger partial charge < -0.3 is 9.84 Å². The highest BCUT2D eigenvalue weighted by atomic mass is 16.5. The first-order chi connectivity index (χ1) is 5.68. The summed E-state index contributed by atoms with van der Waals surface area (Å²) in [5, 5.41) is 8.26. The molecule has 0 amide bonds. The van der Waals surface area contributed by atoms with Crippen LogP contribution in [0.4, 0.5) is 0 Å². The van der Waals surface area contributed by atoms with Gasteiger partial charge in [-0.05, 0) is 19.3 Å². The van der Waals surface area contributed by atoms with Crippen molar-refractivity contribution < 1.29 is 14.6 Å². The fourth-order valence-corrected chi connectivity index (χ4v) is 1.31. The summed E-state index contributed by atoms with van der Waals surface area (Å²) < 4.78 is 5.26. The third kappa shape index (κ3) is 1.99. The van der Waals surface area contributed by atoms with Gasteiger partial charge in [-0.3, -0.25) is 0 Å². The minimum absolute atomic E-state index is 0.136. The molecule has 0 aromatic rings. The van der Waals surface area contributed by atoms with E-state index in [2.05, 4.69) is 11.8 Å². The van der Waals surface area contributed by atoms with E-state index in [1.807, 2.05) is 0 Å². The molecular formula is C9H12O3. The smallest absolute Gasteiger partial charge is 0.381 e. The number of aliphatic carboxylic acids is 1. The number of ether oxygens (including phenoxy) is 1. The molecular weight excluding hydrogens is 156 g/mol. The summed E-state index contributed by atoms with van der Waals surface area (Å²) in [6.45, 7) is 0. The maximum Gasteiger partial charge on any atom is 0.381 e. The van der Waals surface area contributed by atoms with Gasteiger partial charge in [0.1, 0.15) is 0 Å². The van der Waals surface area contributed by atoms with Gasteiger partial charge in [0.15, 0.2) is 0 Å². The zero-order valence-electron chi connectivity index (χ0n) is 7.09. The molecule has 0 saturated heterocycles. The number of hydrogen-bond donors (Lipinski definition) is 1. The van der Waals surface area contributed by atoms with E-state index in [-0.39, 0.29) is 5.60 Å². The molecule has 0 spiro atoms. The van der Waals surface area contributed by atoms with Crippen LogP contribution in [0.2, 0.25) is 0 Å². The monoisotopic (exact) mass is 168 g/mol. The van der Waals surface area contributed by atoms with E-state index in [1.165, 1.54) is 0 Å². The van der Waals surface area contributed by atoms with Gasteiger partial charge in [-0.15, -0.1) is 0 Å². The minimum atomic E-state index is -1.07. The molecule has 1 aliphatic carbocycles. The second kappa shape index (κ2) is 3.59. The Morgan fingerprint density at radius 2 is 2.33 bits per heavy atom. The summed E-state index contributed by atoms with van der Waals surface area (Å²) >= 11 is 0. The van der Waals surface area contributed by atoms with E-state index in [1.54, 1.807) is 7.11 Å². The molecule has 0 heterocycles. The number of methoxy groups -OCH3 is 1. The molecule has 0 aromatic carbocycles. The number of rotatable bonds is 2. The van der Waals surface area contributed by atoms with E-state index in [0.717, 1.165) is 19.3 Å². The molecule has 1 aliphatic rings. The van der Waals surface area contributed by atoms with Crippen molar-refractivity contribution in [2.45, 2.75) is 31.3 Å². The molecule has 0 atom stereocenters. The first-order valence-electron chi connectivity index (χ1n) is 3.95. The average Bonchev–Trinajstić information content (AvgIpc) is 1.94. The normalized spacial score (nSPS) is 18.8. The van der Waals surface area contributed by atoms with Crippen LogP contribution in [0, 0.1) is 11.8 Å². The standard InChI is InChI=1S/C9H12O3/c1-12-9(6-3-7-9)5-2-4-8(10)11/h3,5-7H2,1H3,(H,10,11). The predicted octanol–water partition coefficient (Wildman–Crippen LogP) is 1.03. The zero-order chi connectivity index (χ0) is 9.03. The van der Waals surface area contributed by atoms with Crippen LogP contribution in [0.3, 0.4) is 0 Å². The van der Waals surface area contributed by atoms with Crippen molar-refractivity contribution in [1.82, 2.24) is 0 Å². The third-order valence-electron chi connectivity index (χ3n) is 2.30. The van der Waals surface area contributed by atoms with E-state index in [9.17, 15) is 4.79 Å². The van der Waals surface area contributed by atoms with Gasteiger partial charge in [0.2, 0.25) is 0 Å². The van der Waals surface area contributed by atoms with Gasteiger partial charge in [-0.2, -0.15) is 0 Å². The molecule has 0 aromatic heterocycles. The maximum absolute atomic E-state index is 10.1. The molecule has 0 unspecified atom stereocenters. The highest BCUT2D eigenvalue weighted by molar-refractivity contribution is 5.86. The van der Waals surface area contributed by atoms with E-state index in [0.29, 0.717) is 6.42 Å². The van der Waals surface area contributed by atoms with Crippen molar-refractivity contribution in [2.75, 3.05) is 7.11 Å². The number of carboxylic acid groups (broad SMARTS) is 1. The SMILES string of the molecule is COC1(CC#CC(=O)O)CCC1. The Labute approximate surface area is 71.7 Å². The first-order valence-corrected chi connectivity index (χ1v) is 3.95. The second-order valence-electron chi connectivity index (χ2n) is 3.02. The number of carboxylic acids is 1. The number of carbonyl (C=O) groups is 1. The molecule has 66 valence electrons. The maximum atomic E-state index is 10.1. The minimum Gasteiger partial charge on any atom is -0.472 e. The van der Waals surface area contributed by atoms with Crippen LogP contribution in [0.5, 0.6) is 0 Å². The van der Waals surface area contributed by atoms with Gasteiger partial charge in [0.05, 0.1) is 5.60 Å². The first kappa shape index (κ1) is 9.08. The van der Waals surface area contributed by atoms with Crippen molar-refractivity contribution in [1.29, 1.82) is 0 Å². The van der Waals surface area contributed by atoms with Crippen LogP contribution in [0.1, 0.15) is 25.7 Å². The lowest BCUT2D eigenvalue weighted by atomic mass is 9.78. The fourth-order valence-electron chi connectivity index (χ4n) is 1.31. The Bertz CT molecular complexity index is 224. The third-order valence-corrected chi connectivity index (χ3v) is 2.30. The van der Waals surface area contributed by atoms with Crippen molar-refractivity contribution in [3.8, 4) is 11.8 Å². The highest BCUT2D eigenvalue weighted by Crippen LogP contribution is 2.37. The molecule has 3 nitrogen and oxygen atoms in total. The quantitative estimate of drug-likeness (QED) is 0.626. The Balaban J connectivity index is 2.40. The lowest BCUT2D eigenvalue weighted by Crippen LogP contribution is -2.38. The average molecular weight is 168 g/mol. The van der Waals surface area contributed by atoms with Gasteiger partial charge in [-0.1, -0.05) is 5.92 Å². The molecule has 0 bridgehead atoms.